The van der Waals surface area contributed by atoms with E-state index in [2.05, 4.69) is 15.6 Å². The Hall–Kier alpha value is -1.95. The molecule has 0 saturated heterocycles. The average Bonchev–Trinajstić information content (AvgIpc) is 2.50. The van der Waals surface area contributed by atoms with Crippen molar-refractivity contribution in [3.8, 4) is 0 Å². The predicted octanol–water partition coefficient (Wildman–Crippen LogP) is 1.77. The lowest BCUT2D eigenvalue weighted by atomic mass is 10.1. The molecule has 0 spiro atoms. The lowest BCUT2D eigenvalue weighted by Crippen LogP contribution is -2.26. The second-order valence-electron chi connectivity index (χ2n) is 4.71. The lowest BCUT2D eigenvalue weighted by Gasteiger charge is -2.09. The molecule has 0 radical (unpaired) electrons. The summed E-state index contributed by atoms with van der Waals surface area (Å²) in [5.41, 5.74) is 2.04. The minimum absolute atomic E-state index is 0.209. The zero-order chi connectivity index (χ0) is 15.2. The van der Waals surface area contributed by atoms with Gasteiger partial charge in [-0.2, -0.15) is 0 Å². The van der Waals surface area contributed by atoms with E-state index in [1.54, 1.807) is 12.3 Å². The van der Waals surface area contributed by atoms with E-state index in [-0.39, 0.29) is 5.91 Å². The van der Waals surface area contributed by atoms with Crippen LogP contribution in [-0.2, 0) is 10.8 Å². The normalized spacial score (nSPS) is 12.1. The van der Waals surface area contributed by atoms with Gasteiger partial charge in [0.25, 0.3) is 5.91 Å². The molecule has 5 nitrogen and oxygen atoms in total. The third kappa shape index (κ3) is 4.01. The van der Waals surface area contributed by atoms with E-state index >= 15 is 0 Å². The molecular formula is C15H19N3O2S. The van der Waals surface area contributed by atoms with Gasteiger partial charge in [-0.05, 0) is 18.6 Å². The number of nitrogens with zero attached hydrogens (tertiary/aromatic N) is 1. The minimum atomic E-state index is -0.825. The summed E-state index contributed by atoms with van der Waals surface area (Å²) >= 11 is 0. The van der Waals surface area contributed by atoms with Crippen LogP contribution in [0.15, 0.2) is 30.3 Å². The van der Waals surface area contributed by atoms with E-state index in [4.69, 9.17) is 0 Å². The van der Waals surface area contributed by atoms with Crippen molar-refractivity contribution in [1.82, 2.24) is 10.3 Å². The highest BCUT2D eigenvalue weighted by atomic mass is 32.2. The fourth-order valence-electron chi connectivity index (χ4n) is 2.07. The highest BCUT2D eigenvalue weighted by Gasteiger charge is 2.11. The molecule has 1 amide bonds. The maximum atomic E-state index is 12.1. The Kier molecular flexibility index (Phi) is 5.27. The zero-order valence-corrected chi connectivity index (χ0v) is 13.0. The van der Waals surface area contributed by atoms with Crippen molar-refractivity contribution in [1.29, 1.82) is 0 Å². The molecule has 21 heavy (non-hydrogen) atoms. The van der Waals surface area contributed by atoms with Crippen molar-refractivity contribution in [2.24, 2.45) is 0 Å². The van der Waals surface area contributed by atoms with E-state index < -0.39 is 10.8 Å². The van der Waals surface area contributed by atoms with Gasteiger partial charge in [0.15, 0.2) is 0 Å². The number of amides is 1. The summed E-state index contributed by atoms with van der Waals surface area (Å²) in [5, 5.41) is 6.88. The van der Waals surface area contributed by atoms with Crippen molar-refractivity contribution < 1.29 is 9.00 Å². The molecule has 0 saturated carbocycles. The van der Waals surface area contributed by atoms with Crippen LogP contribution >= 0.6 is 0 Å². The van der Waals surface area contributed by atoms with Gasteiger partial charge in [0.05, 0.1) is 5.52 Å². The first kappa shape index (κ1) is 15.4. The summed E-state index contributed by atoms with van der Waals surface area (Å²) in [6.45, 7) is 0.502. The van der Waals surface area contributed by atoms with E-state index in [1.165, 1.54) is 0 Å². The SMILES string of the molecule is CNc1cc(C(=O)NCCCS(C)=O)nc2ccccc12. The van der Waals surface area contributed by atoms with Gasteiger partial charge in [0, 0.05) is 47.5 Å². The predicted molar refractivity (Wildman–Crippen MR) is 87.2 cm³/mol. The first-order chi connectivity index (χ1) is 10.1. The topological polar surface area (TPSA) is 71.1 Å². The summed E-state index contributed by atoms with van der Waals surface area (Å²) in [6.07, 6.45) is 2.35. The average molecular weight is 305 g/mol. The zero-order valence-electron chi connectivity index (χ0n) is 12.2. The molecule has 1 atom stereocenters. The van der Waals surface area contributed by atoms with E-state index in [0.29, 0.717) is 24.4 Å². The number of pyridine rings is 1. The summed E-state index contributed by atoms with van der Waals surface area (Å²) < 4.78 is 11.0. The molecule has 6 heteroatoms. The van der Waals surface area contributed by atoms with Gasteiger partial charge in [-0.1, -0.05) is 18.2 Å². The Bertz CT molecular complexity index is 673. The van der Waals surface area contributed by atoms with Crippen LogP contribution in [0.5, 0.6) is 0 Å². The van der Waals surface area contributed by atoms with Crippen LogP contribution in [0.3, 0.4) is 0 Å². The third-order valence-corrected chi connectivity index (χ3v) is 3.98. The molecule has 1 aromatic carbocycles. The Morgan fingerprint density at radius 3 is 2.81 bits per heavy atom. The smallest absolute Gasteiger partial charge is 0.269 e. The largest absolute Gasteiger partial charge is 0.388 e. The Labute approximate surface area is 126 Å². The Morgan fingerprint density at radius 1 is 1.33 bits per heavy atom. The number of aromatic nitrogens is 1. The van der Waals surface area contributed by atoms with Crippen LogP contribution in [-0.4, -0.2) is 40.7 Å². The highest BCUT2D eigenvalue weighted by Crippen LogP contribution is 2.22. The molecule has 1 unspecified atom stereocenters. The number of anilines is 1. The summed E-state index contributed by atoms with van der Waals surface area (Å²) in [5.74, 6) is 0.381. The number of rotatable bonds is 6. The number of hydrogen-bond donors (Lipinski definition) is 2. The summed E-state index contributed by atoms with van der Waals surface area (Å²) in [6, 6.07) is 9.43. The lowest BCUT2D eigenvalue weighted by molar-refractivity contribution is 0.0949. The van der Waals surface area contributed by atoms with Crippen LogP contribution in [0.4, 0.5) is 5.69 Å². The van der Waals surface area contributed by atoms with Crippen LogP contribution in [0, 0.1) is 0 Å². The monoisotopic (exact) mass is 305 g/mol. The first-order valence-electron chi connectivity index (χ1n) is 6.77. The minimum Gasteiger partial charge on any atom is -0.388 e. The maximum absolute atomic E-state index is 12.1. The number of fused-ring (bicyclic) bond motifs is 1. The summed E-state index contributed by atoms with van der Waals surface area (Å²) in [4.78, 5) is 16.5. The molecule has 0 fully saturated rings. The van der Waals surface area contributed by atoms with E-state index in [1.807, 2.05) is 31.3 Å². The Balaban J connectivity index is 2.14. The molecular weight excluding hydrogens is 286 g/mol. The molecule has 0 aliphatic heterocycles. The molecule has 0 aliphatic rings. The number of benzene rings is 1. The molecule has 1 heterocycles. The van der Waals surface area contributed by atoms with Crippen LogP contribution in [0.1, 0.15) is 16.9 Å². The van der Waals surface area contributed by atoms with Gasteiger partial charge in [0.1, 0.15) is 5.69 Å². The van der Waals surface area contributed by atoms with Crippen molar-refractivity contribution in [3.63, 3.8) is 0 Å². The standard InChI is InChI=1S/C15H19N3O2S/c1-16-13-10-14(15(19)17-8-5-9-21(2)20)18-12-7-4-3-6-11(12)13/h3-4,6-7,10H,5,8-9H2,1-2H3,(H,16,18)(H,17,19). The van der Waals surface area contributed by atoms with Crippen LogP contribution in [0.25, 0.3) is 10.9 Å². The quantitative estimate of drug-likeness (QED) is 0.798. The molecule has 0 bridgehead atoms. The van der Waals surface area contributed by atoms with Gasteiger partial charge in [0.2, 0.25) is 0 Å². The van der Waals surface area contributed by atoms with Gasteiger partial charge in [-0.15, -0.1) is 0 Å². The van der Waals surface area contributed by atoms with E-state index in [9.17, 15) is 9.00 Å². The highest BCUT2D eigenvalue weighted by molar-refractivity contribution is 7.84. The number of hydrogen-bond acceptors (Lipinski definition) is 4. The second kappa shape index (κ2) is 7.17. The number of para-hydroxylation sites is 1. The van der Waals surface area contributed by atoms with Crippen molar-refractivity contribution in [2.75, 3.05) is 30.9 Å². The van der Waals surface area contributed by atoms with Crippen molar-refractivity contribution in [3.05, 3.63) is 36.0 Å². The maximum Gasteiger partial charge on any atom is 0.269 e. The molecule has 0 aliphatic carbocycles. The van der Waals surface area contributed by atoms with Gasteiger partial charge < -0.3 is 10.6 Å². The molecule has 2 N–H and O–H groups in total. The fraction of sp³-hybridized carbons (Fsp3) is 0.333. The van der Waals surface area contributed by atoms with Crippen molar-refractivity contribution >= 4 is 33.3 Å². The third-order valence-electron chi connectivity index (χ3n) is 3.11. The number of carbonyl (C=O) groups excluding carboxylic acids is 1. The van der Waals surface area contributed by atoms with E-state index in [0.717, 1.165) is 16.6 Å². The molecule has 1 aromatic heterocycles. The Morgan fingerprint density at radius 2 is 2.10 bits per heavy atom. The number of carbonyl (C=O) groups is 1. The molecule has 2 rings (SSSR count). The van der Waals surface area contributed by atoms with Gasteiger partial charge >= 0.3 is 0 Å². The second-order valence-corrected chi connectivity index (χ2v) is 6.26. The van der Waals surface area contributed by atoms with Crippen LogP contribution in [0.2, 0.25) is 0 Å². The fourth-order valence-corrected chi connectivity index (χ4v) is 2.62. The van der Waals surface area contributed by atoms with Gasteiger partial charge in [-0.25, -0.2) is 4.98 Å². The molecule has 2 aromatic rings. The first-order valence-corrected chi connectivity index (χ1v) is 8.50. The van der Waals surface area contributed by atoms with Crippen LogP contribution < -0.4 is 10.6 Å². The molecule has 112 valence electrons. The summed E-state index contributed by atoms with van der Waals surface area (Å²) in [7, 11) is 0.994. The number of nitrogens with one attached hydrogen (secondary N) is 2. The van der Waals surface area contributed by atoms with Crippen molar-refractivity contribution in [2.45, 2.75) is 6.42 Å². The van der Waals surface area contributed by atoms with Gasteiger partial charge in [-0.3, -0.25) is 9.00 Å².